The smallest absolute Gasteiger partial charge is 0.302 e. The molecule has 0 aromatic carbocycles. The molecule has 1 N–H and O–H groups in total. The van der Waals surface area contributed by atoms with Gasteiger partial charge in [-0.25, -0.2) is 4.57 Å². The average Bonchev–Trinajstić information content (AvgIpc) is 2.23. The van der Waals surface area contributed by atoms with Crippen LogP contribution >= 0.6 is 7.82 Å². The van der Waals surface area contributed by atoms with Crippen LogP contribution < -0.4 is 0 Å². The molecule has 0 radical (unpaired) electrons. The van der Waals surface area contributed by atoms with Crippen molar-refractivity contribution in [1.29, 1.82) is 0 Å². The van der Waals surface area contributed by atoms with Crippen molar-refractivity contribution in [3.63, 3.8) is 0 Å². The summed E-state index contributed by atoms with van der Waals surface area (Å²) in [7, 11) is -3.79. The van der Waals surface area contributed by atoms with Gasteiger partial charge in [-0.3, -0.25) is 9.05 Å². The van der Waals surface area contributed by atoms with Gasteiger partial charge in [-0.15, -0.1) is 0 Å². The van der Waals surface area contributed by atoms with Gasteiger partial charge in [-0.1, -0.05) is 46.5 Å². The molecular formula is C12H27O4P. The standard InChI is InChI=1S/C12H27O4P/c1-4-5-10-15-17(13,14)16-11-8-6-7-9-12(2)3/h12H,4-11H2,1-3H3,(H,13,14). The van der Waals surface area contributed by atoms with Crippen LogP contribution in [-0.2, 0) is 13.6 Å². The van der Waals surface area contributed by atoms with Gasteiger partial charge in [0, 0.05) is 0 Å². The molecule has 104 valence electrons. The molecule has 4 nitrogen and oxygen atoms in total. The van der Waals surface area contributed by atoms with Crippen molar-refractivity contribution in [2.24, 2.45) is 5.92 Å². The Hall–Kier alpha value is 0.110. The summed E-state index contributed by atoms with van der Waals surface area (Å²) in [6, 6.07) is 0. The van der Waals surface area contributed by atoms with Crippen molar-refractivity contribution in [3.05, 3.63) is 0 Å². The lowest BCUT2D eigenvalue weighted by Gasteiger charge is -2.11. The van der Waals surface area contributed by atoms with Crippen molar-refractivity contribution in [2.75, 3.05) is 13.2 Å². The van der Waals surface area contributed by atoms with E-state index in [9.17, 15) is 9.46 Å². The molecule has 0 aromatic heterocycles. The summed E-state index contributed by atoms with van der Waals surface area (Å²) in [5, 5.41) is 0. The predicted octanol–water partition coefficient (Wildman–Crippen LogP) is 4.14. The summed E-state index contributed by atoms with van der Waals surface area (Å²) < 4.78 is 21.0. The van der Waals surface area contributed by atoms with Gasteiger partial charge in [-0.2, -0.15) is 0 Å². The molecule has 0 amide bonds. The average molecular weight is 266 g/mol. The summed E-state index contributed by atoms with van der Waals surface area (Å²) in [4.78, 5) is 9.30. The Morgan fingerprint density at radius 2 is 1.65 bits per heavy atom. The highest BCUT2D eigenvalue weighted by atomic mass is 31.2. The third kappa shape index (κ3) is 12.4. The summed E-state index contributed by atoms with van der Waals surface area (Å²) in [5.41, 5.74) is 0. The fraction of sp³-hybridized carbons (Fsp3) is 1.00. The highest BCUT2D eigenvalue weighted by molar-refractivity contribution is 7.47. The first-order valence-electron chi connectivity index (χ1n) is 6.60. The van der Waals surface area contributed by atoms with Gasteiger partial charge >= 0.3 is 7.82 Å². The van der Waals surface area contributed by atoms with Gasteiger partial charge in [-0.05, 0) is 18.8 Å². The summed E-state index contributed by atoms with van der Waals surface area (Å²) >= 11 is 0. The van der Waals surface area contributed by atoms with Crippen molar-refractivity contribution < 1.29 is 18.5 Å². The van der Waals surface area contributed by atoms with Gasteiger partial charge in [0.05, 0.1) is 13.2 Å². The zero-order valence-electron chi connectivity index (χ0n) is 11.4. The molecule has 0 aliphatic rings. The largest absolute Gasteiger partial charge is 0.472 e. The Kier molecular flexibility index (Phi) is 10.1. The highest BCUT2D eigenvalue weighted by Gasteiger charge is 2.19. The topological polar surface area (TPSA) is 55.8 Å². The van der Waals surface area contributed by atoms with Crippen molar-refractivity contribution in [1.82, 2.24) is 0 Å². The lowest BCUT2D eigenvalue weighted by atomic mass is 10.1. The van der Waals surface area contributed by atoms with E-state index in [1.807, 2.05) is 6.92 Å². The molecule has 17 heavy (non-hydrogen) atoms. The normalized spacial score (nSPS) is 15.1. The third-order valence-electron chi connectivity index (χ3n) is 2.43. The maximum absolute atomic E-state index is 11.3. The molecule has 0 aromatic rings. The lowest BCUT2D eigenvalue weighted by Crippen LogP contribution is -1.99. The second kappa shape index (κ2) is 10.1. The number of unbranched alkanes of at least 4 members (excludes halogenated alkanes) is 3. The second-order valence-corrected chi connectivity index (χ2v) is 6.19. The van der Waals surface area contributed by atoms with Gasteiger partial charge < -0.3 is 4.89 Å². The third-order valence-corrected chi connectivity index (χ3v) is 3.45. The number of hydrogen-bond acceptors (Lipinski definition) is 3. The SMILES string of the molecule is CCCCOP(=O)(O)OCCCCCC(C)C. The van der Waals surface area contributed by atoms with E-state index in [0.717, 1.165) is 38.0 Å². The zero-order chi connectivity index (χ0) is 13.1. The first-order chi connectivity index (χ1) is 7.98. The number of phosphoric ester groups is 1. The van der Waals surface area contributed by atoms with E-state index in [2.05, 4.69) is 13.8 Å². The Morgan fingerprint density at radius 3 is 2.18 bits per heavy atom. The predicted molar refractivity (Wildman–Crippen MR) is 69.9 cm³/mol. The molecule has 0 fully saturated rings. The molecule has 5 heteroatoms. The number of phosphoric acid groups is 1. The molecular weight excluding hydrogens is 239 g/mol. The van der Waals surface area contributed by atoms with E-state index >= 15 is 0 Å². The van der Waals surface area contributed by atoms with Crippen LogP contribution in [0.5, 0.6) is 0 Å². The fourth-order valence-corrected chi connectivity index (χ4v) is 2.17. The number of hydrogen-bond donors (Lipinski definition) is 1. The second-order valence-electron chi connectivity index (χ2n) is 4.73. The summed E-state index contributed by atoms with van der Waals surface area (Å²) in [6.07, 6.45) is 5.91. The van der Waals surface area contributed by atoms with Crippen LogP contribution in [0.25, 0.3) is 0 Å². The molecule has 0 bridgehead atoms. The molecule has 0 saturated carbocycles. The molecule has 0 spiro atoms. The van der Waals surface area contributed by atoms with Crippen LogP contribution in [0.15, 0.2) is 0 Å². The maximum atomic E-state index is 11.3. The molecule has 0 rings (SSSR count). The molecule has 0 saturated heterocycles. The van der Waals surface area contributed by atoms with Crippen molar-refractivity contribution in [2.45, 2.75) is 59.3 Å². The van der Waals surface area contributed by atoms with Gasteiger partial charge in [0.1, 0.15) is 0 Å². The minimum absolute atomic E-state index is 0.289. The van der Waals surface area contributed by atoms with Crippen LogP contribution in [0.1, 0.15) is 59.3 Å². The minimum Gasteiger partial charge on any atom is -0.302 e. The molecule has 0 aliphatic heterocycles. The van der Waals surface area contributed by atoms with Crippen LogP contribution in [0, 0.1) is 5.92 Å². The fourth-order valence-electron chi connectivity index (χ4n) is 1.37. The molecule has 1 atom stereocenters. The lowest BCUT2D eigenvalue weighted by molar-refractivity contribution is 0.145. The van der Waals surface area contributed by atoms with E-state index in [1.54, 1.807) is 0 Å². The first-order valence-corrected chi connectivity index (χ1v) is 8.09. The van der Waals surface area contributed by atoms with E-state index in [-0.39, 0.29) is 6.61 Å². The highest BCUT2D eigenvalue weighted by Crippen LogP contribution is 2.43. The molecule has 0 aliphatic carbocycles. The Labute approximate surface area is 105 Å². The van der Waals surface area contributed by atoms with Gasteiger partial charge in [0.25, 0.3) is 0 Å². The van der Waals surface area contributed by atoms with E-state index in [0.29, 0.717) is 6.61 Å². The summed E-state index contributed by atoms with van der Waals surface area (Å²) in [6.45, 7) is 6.98. The summed E-state index contributed by atoms with van der Waals surface area (Å²) in [5.74, 6) is 0.720. The number of rotatable bonds is 11. The van der Waals surface area contributed by atoms with Gasteiger partial charge in [0.2, 0.25) is 0 Å². The van der Waals surface area contributed by atoms with Crippen LogP contribution in [0.2, 0.25) is 0 Å². The minimum atomic E-state index is -3.79. The molecule has 1 unspecified atom stereocenters. The van der Waals surface area contributed by atoms with Gasteiger partial charge in [0.15, 0.2) is 0 Å². The van der Waals surface area contributed by atoms with E-state index < -0.39 is 7.82 Å². The maximum Gasteiger partial charge on any atom is 0.472 e. The first kappa shape index (κ1) is 17.1. The van der Waals surface area contributed by atoms with Crippen LogP contribution in [0.3, 0.4) is 0 Å². The van der Waals surface area contributed by atoms with Crippen molar-refractivity contribution >= 4 is 7.82 Å². The molecule has 0 heterocycles. The zero-order valence-corrected chi connectivity index (χ0v) is 12.2. The Balaban J connectivity index is 3.42. The Bertz CT molecular complexity index is 219. The van der Waals surface area contributed by atoms with Crippen LogP contribution in [-0.4, -0.2) is 18.1 Å². The van der Waals surface area contributed by atoms with Crippen molar-refractivity contribution in [3.8, 4) is 0 Å². The van der Waals surface area contributed by atoms with E-state index in [4.69, 9.17) is 9.05 Å². The van der Waals surface area contributed by atoms with Crippen LogP contribution in [0.4, 0.5) is 0 Å². The quantitative estimate of drug-likeness (QED) is 0.451. The monoisotopic (exact) mass is 266 g/mol. The van der Waals surface area contributed by atoms with E-state index in [1.165, 1.54) is 6.42 Å². The Morgan fingerprint density at radius 1 is 1.06 bits per heavy atom.